The lowest BCUT2D eigenvalue weighted by Crippen LogP contribution is -2.23. The van der Waals surface area contributed by atoms with Gasteiger partial charge in [-0.15, -0.1) is 0 Å². The molecule has 1 aromatic heterocycles. The molecule has 31 heavy (non-hydrogen) atoms. The van der Waals surface area contributed by atoms with Crippen molar-refractivity contribution in [3.8, 4) is 11.5 Å². The molecule has 1 heterocycles. The van der Waals surface area contributed by atoms with Crippen LogP contribution in [0.5, 0.6) is 11.5 Å². The lowest BCUT2D eigenvalue weighted by molar-refractivity contribution is -0.144. The van der Waals surface area contributed by atoms with Gasteiger partial charge in [-0.3, -0.25) is 0 Å². The van der Waals surface area contributed by atoms with E-state index in [0.717, 1.165) is 11.6 Å². The Balaban J connectivity index is 2.29. The first kappa shape index (κ1) is 22.7. The highest BCUT2D eigenvalue weighted by molar-refractivity contribution is 6.30. The first-order valence-electron chi connectivity index (χ1n) is 9.43. The average Bonchev–Trinajstić information content (AvgIpc) is 2.72. The molecule has 0 aliphatic carbocycles. The Bertz CT molecular complexity index is 1110. The second kappa shape index (κ2) is 9.43. The summed E-state index contributed by atoms with van der Waals surface area (Å²) in [6.45, 7) is -0.170. The SMILES string of the molecule is CCc1nc2c(F)ccc(O[C@@H](C)C(=O)O)c2c(OC(F)F)c1Cc1ccc(Cl)cc1. The number of hydrogen-bond donors (Lipinski definition) is 1. The number of hydrogen-bond acceptors (Lipinski definition) is 4. The Labute approximate surface area is 181 Å². The molecule has 0 saturated heterocycles. The predicted octanol–water partition coefficient (Wildman–Crippen LogP) is 5.63. The lowest BCUT2D eigenvalue weighted by atomic mass is 9.98. The zero-order valence-corrected chi connectivity index (χ0v) is 17.4. The number of aryl methyl sites for hydroxylation is 1. The van der Waals surface area contributed by atoms with E-state index in [9.17, 15) is 18.0 Å². The average molecular weight is 454 g/mol. The van der Waals surface area contributed by atoms with Crippen LogP contribution in [0, 0.1) is 5.82 Å². The first-order chi connectivity index (χ1) is 14.7. The van der Waals surface area contributed by atoms with Crippen molar-refractivity contribution in [2.24, 2.45) is 0 Å². The topological polar surface area (TPSA) is 68.7 Å². The van der Waals surface area contributed by atoms with Gasteiger partial charge in [0.05, 0.1) is 5.39 Å². The number of pyridine rings is 1. The molecule has 0 aliphatic rings. The molecular formula is C22H19ClF3NO4. The largest absolute Gasteiger partial charge is 0.479 e. The number of rotatable bonds is 8. The van der Waals surface area contributed by atoms with Crippen LogP contribution < -0.4 is 9.47 Å². The van der Waals surface area contributed by atoms with Gasteiger partial charge in [0.1, 0.15) is 22.8 Å². The van der Waals surface area contributed by atoms with E-state index in [1.54, 1.807) is 31.2 Å². The normalized spacial score (nSPS) is 12.2. The van der Waals surface area contributed by atoms with Crippen LogP contribution in [0.4, 0.5) is 13.2 Å². The molecule has 0 amide bonds. The van der Waals surface area contributed by atoms with E-state index in [1.165, 1.54) is 13.0 Å². The summed E-state index contributed by atoms with van der Waals surface area (Å²) in [7, 11) is 0. The first-order valence-corrected chi connectivity index (χ1v) is 9.81. The summed E-state index contributed by atoms with van der Waals surface area (Å²) in [6, 6.07) is 9.00. The fourth-order valence-electron chi connectivity index (χ4n) is 3.20. The Morgan fingerprint density at radius 1 is 1.16 bits per heavy atom. The fourth-order valence-corrected chi connectivity index (χ4v) is 3.33. The molecule has 0 spiro atoms. The molecule has 0 fully saturated rings. The number of aromatic nitrogens is 1. The number of aliphatic carboxylic acids is 1. The number of nitrogens with zero attached hydrogens (tertiary/aromatic N) is 1. The van der Waals surface area contributed by atoms with Crippen LogP contribution in [0.25, 0.3) is 10.9 Å². The van der Waals surface area contributed by atoms with E-state index in [4.69, 9.17) is 26.2 Å². The van der Waals surface area contributed by atoms with Gasteiger partial charge < -0.3 is 14.6 Å². The molecular weight excluding hydrogens is 435 g/mol. The minimum atomic E-state index is -3.20. The highest BCUT2D eigenvalue weighted by atomic mass is 35.5. The van der Waals surface area contributed by atoms with Gasteiger partial charge in [0.15, 0.2) is 6.10 Å². The summed E-state index contributed by atoms with van der Waals surface area (Å²) < 4.78 is 51.6. The number of carbonyl (C=O) groups is 1. The van der Waals surface area contributed by atoms with Crippen LogP contribution >= 0.6 is 11.6 Å². The molecule has 0 bridgehead atoms. The molecule has 3 aromatic rings. The van der Waals surface area contributed by atoms with Crippen molar-refractivity contribution in [1.82, 2.24) is 4.98 Å². The number of alkyl halides is 2. The second-order valence-corrected chi connectivity index (χ2v) is 7.21. The molecule has 2 aromatic carbocycles. The van der Waals surface area contributed by atoms with E-state index in [0.29, 0.717) is 22.7 Å². The van der Waals surface area contributed by atoms with E-state index in [-0.39, 0.29) is 28.8 Å². The molecule has 1 N–H and O–H groups in total. The molecule has 0 aliphatic heterocycles. The summed E-state index contributed by atoms with van der Waals surface area (Å²) >= 11 is 5.92. The number of halogens is 4. The van der Waals surface area contributed by atoms with Crippen molar-refractivity contribution in [1.29, 1.82) is 0 Å². The van der Waals surface area contributed by atoms with Crippen LogP contribution in [-0.4, -0.2) is 28.8 Å². The van der Waals surface area contributed by atoms with Gasteiger partial charge in [0.25, 0.3) is 0 Å². The maximum atomic E-state index is 14.6. The van der Waals surface area contributed by atoms with E-state index >= 15 is 0 Å². The zero-order valence-electron chi connectivity index (χ0n) is 16.7. The van der Waals surface area contributed by atoms with Crippen molar-refractivity contribution in [2.45, 2.75) is 39.4 Å². The van der Waals surface area contributed by atoms with E-state index in [1.807, 2.05) is 0 Å². The third kappa shape index (κ3) is 5.02. The van der Waals surface area contributed by atoms with Gasteiger partial charge in [-0.05, 0) is 43.2 Å². The van der Waals surface area contributed by atoms with Gasteiger partial charge >= 0.3 is 12.6 Å². The van der Waals surface area contributed by atoms with Crippen molar-refractivity contribution >= 4 is 28.5 Å². The molecule has 0 saturated carbocycles. The van der Waals surface area contributed by atoms with Crippen LogP contribution in [0.2, 0.25) is 5.02 Å². The zero-order chi connectivity index (χ0) is 22.7. The van der Waals surface area contributed by atoms with Gasteiger partial charge in [0.2, 0.25) is 0 Å². The number of fused-ring (bicyclic) bond motifs is 1. The standard InChI is InChI=1S/C22H19ClF3NO4/c1-3-16-14(10-12-4-6-13(23)7-5-12)20(31-22(25)26)18-17(30-11(2)21(28)29)9-8-15(24)19(18)27-16/h4-9,11,22H,3,10H2,1-2H3,(H,28,29)/t11-/m0/s1. The molecule has 164 valence electrons. The van der Waals surface area contributed by atoms with Crippen LogP contribution in [-0.2, 0) is 17.6 Å². The maximum absolute atomic E-state index is 14.6. The van der Waals surface area contributed by atoms with Crippen LogP contribution in [0.3, 0.4) is 0 Å². The predicted molar refractivity (Wildman–Crippen MR) is 110 cm³/mol. The minimum Gasteiger partial charge on any atom is -0.479 e. The molecule has 0 unspecified atom stereocenters. The smallest absolute Gasteiger partial charge is 0.387 e. The minimum absolute atomic E-state index is 0.116. The third-order valence-corrected chi connectivity index (χ3v) is 4.93. The summed E-state index contributed by atoms with van der Waals surface area (Å²) in [6.07, 6.45) is -0.816. The number of carboxylic acids is 1. The number of carboxylic acid groups (broad SMARTS) is 1. The second-order valence-electron chi connectivity index (χ2n) is 6.77. The maximum Gasteiger partial charge on any atom is 0.387 e. The van der Waals surface area contributed by atoms with Crippen molar-refractivity contribution in [3.05, 3.63) is 64.1 Å². The Morgan fingerprint density at radius 3 is 2.42 bits per heavy atom. The van der Waals surface area contributed by atoms with Gasteiger partial charge in [-0.2, -0.15) is 8.78 Å². The van der Waals surface area contributed by atoms with E-state index in [2.05, 4.69) is 4.98 Å². The monoisotopic (exact) mass is 453 g/mol. The molecule has 3 rings (SSSR count). The van der Waals surface area contributed by atoms with Crippen LogP contribution in [0.15, 0.2) is 36.4 Å². The Morgan fingerprint density at radius 2 is 1.84 bits per heavy atom. The van der Waals surface area contributed by atoms with Gasteiger partial charge in [-0.1, -0.05) is 30.7 Å². The summed E-state index contributed by atoms with van der Waals surface area (Å²) in [5.74, 6) is -2.45. The molecule has 5 nitrogen and oxygen atoms in total. The fraction of sp³-hybridized carbons (Fsp3) is 0.273. The third-order valence-electron chi connectivity index (χ3n) is 4.67. The van der Waals surface area contributed by atoms with Gasteiger partial charge in [0, 0.05) is 22.7 Å². The summed E-state index contributed by atoms with van der Waals surface area (Å²) in [5, 5.41) is 9.53. The quantitative estimate of drug-likeness (QED) is 0.478. The lowest BCUT2D eigenvalue weighted by Gasteiger charge is -2.20. The summed E-state index contributed by atoms with van der Waals surface area (Å²) in [4.78, 5) is 15.6. The highest BCUT2D eigenvalue weighted by Crippen LogP contribution is 2.41. The van der Waals surface area contributed by atoms with Crippen LogP contribution in [0.1, 0.15) is 30.7 Å². The molecule has 1 atom stereocenters. The number of benzene rings is 2. The van der Waals surface area contributed by atoms with E-state index < -0.39 is 24.5 Å². The molecule has 9 heteroatoms. The van der Waals surface area contributed by atoms with Gasteiger partial charge in [-0.25, -0.2) is 14.2 Å². The Hall–Kier alpha value is -3.00. The Kier molecular flexibility index (Phi) is 6.90. The molecule has 0 radical (unpaired) electrons. The summed E-state index contributed by atoms with van der Waals surface area (Å²) in [5.41, 5.74) is 1.22. The van der Waals surface area contributed by atoms with Crippen molar-refractivity contribution in [2.75, 3.05) is 0 Å². The van der Waals surface area contributed by atoms with Crippen molar-refractivity contribution in [3.63, 3.8) is 0 Å². The number of ether oxygens (including phenoxy) is 2. The highest BCUT2D eigenvalue weighted by Gasteiger charge is 2.25. The van der Waals surface area contributed by atoms with Crippen molar-refractivity contribution < 1.29 is 32.5 Å².